The van der Waals surface area contributed by atoms with E-state index < -0.39 is 25.1 Å². The summed E-state index contributed by atoms with van der Waals surface area (Å²) in [6.45, 7) is -0.590. The van der Waals surface area contributed by atoms with Crippen LogP contribution in [0.5, 0.6) is 0 Å². The maximum atomic E-state index is 11.6. The van der Waals surface area contributed by atoms with Crippen LogP contribution in [0.3, 0.4) is 0 Å². The van der Waals surface area contributed by atoms with Gasteiger partial charge in [-0.3, -0.25) is 0 Å². The lowest BCUT2D eigenvalue weighted by Crippen LogP contribution is -2.17. The highest BCUT2D eigenvalue weighted by Gasteiger charge is 2.31. The van der Waals surface area contributed by atoms with Crippen molar-refractivity contribution >= 4 is 0 Å². The minimum atomic E-state index is -4.29. The molecule has 0 fully saturated rings. The second-order valence-corrected chi connectivity index (χ2v) is 2.23. The van der Waals surface area contributed by atoms with Crippen molar-refractivity contribution in [2.24, 2.45) is 5.92 Å². The number of aliphatic hydroxyl groups is 1. The van der Waals surface area contributed by atoms with E-state index in [1.54, 1.807) is 6.07 Å². The van der Waals surface area contributed by atoms with Crippen molar-refractivity contribution in [2.75, 3.05) is 6.61 Å². The van der Waals surface area contributed by atoms with Crippen molar-refractivity contribution in [3.63, 3.8) is 0 Å². The van der Waals surface area contributed by atoms with Crippen LogP contribution in [-0.4, -0.2) is 17.9 Å². The molecule has 0 unspecified atom stereocenters. The standard InChI is InChI=1S/C6H8F3NO/c7-6(8,9)3-5(4-11)1-2-10/h5,11H,1,3-4H2/t5-/m1/s1. The third kappa shape index (κ3) is 5.67. The van der Waals surface area contributed by atoms with E-state index in [4.69, 9.17) is 10.4 Å². The van der Waals surface area contributed by atoms with E-state index in [-0.39, 0.29) is 6.42 Å². The molecular formula is C6H8F3NO. The Hall–Kier alpha value is -0.760. The Labute approximate surface area is 62.2 Å². The Kier molecular flexibility index (Phi) is 3.90. The highest BCUT2D eigenvalue weighted by atomic mass is 19.4. The Morgan fingerprint density at radius 3 is 2.27 bits per heavy atom. The fraction of sp³-hybridized carbons (Fsp3) is 0.833. The highest BCUT2D eigenvalue weighted by molar-refractivity contribution is 4.76. The first-order valence-electron chi connectivity index (χ1n) is 3.04. The second kappa shape index (κ2) is 4.19. The number of hydrogen-bond donors (Lipinski definition) is 1. The molecule has 0 spiro atoms. The zero-order valence-electron chi connectivity index (χ0n) is 5.73. The van der Waals surface area contributed by atoms with Gasteiger partial charge in [-0.05, 0) is 0 Å². The van der Waals surface area contributed by atoms with Gasteiger partial charge in [0.15, 0.2) is 0 Å². The predicted octanol–water partition coefficient (Wildman–Crippen LogP) is 1.46. The van der Waals surface area contributed by atoms with E-state index in [2.05, 4.69) is 0 Å². The molecule has 0 heterocycles. The van der Waals surface area contributed by atoms with Gasteiger partial charge in [0, 0.05) is 25.4 Å². The van der Waals surface area contributed by atoms with E-state index in [1.165, 1.54) is 0 Å². The molecule has 1 atom stereocenters. The smallest absolute Gasteiger partial charge is 0.389 e. The van der Waals surface area contributed by atoms with Gasteiger partial charge in [-0.1, -0.05) is 0 Å². The SMILES string of the molecule is N#CC[C@@H](CO)CC(F)(F)F. The fourth-order valence-corrected chi connectivity index (χ4v) is 0.658. The van der Waals surface area contributed by atoms with Crippen LogP contribution in [0.4, 0.5) is 13.2 Å². The molecule has 2 nitrogen and oxygen atoms in total. The van der Waals surface area contributed by atoms with E-state index >= 15 is 0 Å². The van der Waals surface area contributed by atoms with Crippen molar-refractivity contribution in [2.45, 2.75) is 19.0 Å². The van der Waals surface area contributed by atoms with Crippen LogP contribution in [0.15, 0.2) is 0 Å². The summed E-state index contributed by atoms with van der Waals surface area (Å²) in [4.78, 5) is 0. The topological polar surface area (TPSA) is 44.0 Å². The van der Waals surface area contributed by atoms with E-state index in [0.717, 1.165) is 0 Å². The quantitative estimate of drug-likeness (QED) is 0.691. The first kappa shape index (κ1) is 10.2. The van der Waals surface area contributed by atoms with Crippen LogP contribution in [0.2, 0.25) is 0 Å². The summed E-state index contributed by atoms with van der Waals surface area (Å²) in [5.41, 5.74) is 0. The molecular weight excluding hydrogens is 159 g/mol. The number of aliphatic hydroxyl groups excluding tert-OH is 1. The minimum Gasteiger partial charge on any atom is -0.396 e. The molecule has 0 aromatic carbocycles. The summed E-state index contributed by atoms with van der Waals surface area (Å²) in [5.74, 6) is -0.972. The third-order valence-corrected chi connectivity index (χ3v) is 1.16. The van der Waals surface area contributed by atoms with Gasteiger partial charge in [0.25, 0.3) is 0 Å². The number of rotatable bonds is 3. The van der Waals surface area contributed by atoms with Crippen molar-refractivity contribution in [1.29, 1.82) is 5.26 Å². The summed E-state index contributed by atoms with van der Waals surface area (Å²) in [6, 6.07) is 1.58. The molecule has 0 aromatic rings. The van der Waals surface area contributed by atoms with Crippen molar-refractivity contribution in [3.05, 3.63) is 0 Å². The van der Waals surface area contributed by atoms with Crippen molar-refractivity contribution < 1.29 is 18.3 Å². The molecule has 0 radical (unpaired) electrons. The van der Waals surface area contributed by atoms with Gasteiger partial charge < -0.3 is 5.11 Å². The largest absolute Gasteiger partial charge is 0.396 e. The van der Waals surface area contributed by atoms with Gasteiger partial charge in [0.05, 0.1) is 6.07 Å². The fourth-order valence-electron chi connectivity index (χ4n) is 0.658. The third-order valence-electron chi connectivity index (χ3n) is 1.16. The van der Waals surface area contributed by atoms with Gasteiger partial charge in [-0.15, -0.1) is 0 Å². The number of nitrogens with zero attached hydrogens (tertiary/aromatic N) is 1. The molecule has 1 N–H and O–H groups in total. The Morgan fingerprint density at radius 1 is 1.45 bits per heavy atom. The van der Waals surface area contributed by atoms with Crippen LogP contribution in [0.1, 0.15) is 12.8 Å². The van der Waals surface area contributed by atoms with Crippen molar-refractivity contribution in [1.82, 2.24) is 0 Å². The van der Waals surface area contributed by atoms with Gasteiger partial charge in [0.2, 0.25) is 0 Å². The molecule has 0 rings (SSSR count). The van der Waals surface area contributed by atoms with Crippen molar-refractivity contribution in [3.8, 4) is 6.07 Å². The second-order valence-electron chi connectivity index (χ2n) is 2.23. The lowest BCUT2D eigenvalue weighted by molar-refractivity contribution is -0.146. The Bertz CT molecular complexity index is 149. The van der Waals surface area contributed by atoms with Crippen LogP contribution in [-0.2, 0) is 0 Å². The average molecular weight is 167 g/mol. The van der Waals surface area contributed by atoms with E-state index in [1.807, 2.05) is 0 Å². The average Bonchev–Trinajstić information content (AvgIpc) is 1.84. The van der Waals surface area contributed by atoms with E-state index in [9.17, 15) is 13.2 Å². The summed E-state index contributed by atoms with van der Waals surface area (Å²) in [6.07, 6.45) is -5.63. The van der Waals surface area contributed by atoms with Gasteiger partial charge in [-0.2, -0.15) is 18.4 Å². The maximum Gasteiger partial charge on any atom is 0.389 e. The van der Waals surface area contributed by atoms with E-state index in [0.29, 0.717) is 0 Å². The van der Waals surface area contributed by atoms with Crippen LogP contribution >= 0.6 is 0 Å². The zero-order valence-corrected chi connectivity index (χ0v) is 5.73. The highest BCUT2D eigenvalue weighted by Crippen LogP contribution is 2.25. The molecule has 0 saturated heterocycles. The summed E-state index contributed by atoms with van der Waals surface area (Å²) in [7, 11) is 0. The predicted molar refractivity (Wildman–Crippen MR) is 31.5 cm³/mol. The molecule has 11 heavy (non-hydrogen) atoms. The van der Waals surface area contributed by atoms with Crippen LogP contribution in [0.25, 0.3) is 0 Å². The van der Waals surface area contributed by atoms with Gasteiger partial charge in [0.1, 0.15) is 0 Å². The molecule has 0 saturated carbocycles. The number of hydrogen-bond acceptors (Lipinski definition) is 2. The first-order chi connectivity index (χ1) is 4.99. The summed E-state index contributed by atoms with van der Waals surface area (Å²) in [5, 5.41) is 16.4. The first-order valence-corrected chi connectivity index (χ1v) is 3.04. The molecule has 0 aliphatic heterocycles. The minimum absolute atomic E-state index is 0.254. The molecule has 0 amide bonds. The Balaban J connectivity index is 3.80. The number of nitriles is 1. The van der Waals surface area contributed by atoms with Crippen LogP contribution in [0, 0.1) is 17.2 Å². The number of halogens is 3. The monoisotopic (exact) mass is 167 g/mol. The normalized spacial score (nSPS) is 14.1. The maximum absolute atomic E-state index is 11.6. The molecule has 0 aliphatic rings. The van der Waals surface area contributed by atoms with Gasteiger partial charge >= 0.3 is 6.18 Å². The molecule has 5 heteroatoms. The lowest BCUT2D eigenvalue weighted by Gasteiger charge is -2.12. The molecule has 64 valence electrons. The summed E-state index contributed by atoms with van der Waals surface area (Å²) >= 11 is 0. The lowest BCUT2D eigenvalue weighted by atomic mass is 10.0. The number of alkyl halides is 3. The Morgan fingerprint density at radius 2 is 2.00 bits per heavy atom. The van der Waals surface area contributed by atoms with Gasteiger partial charge in [-0.25, -0.2) is 0 Å². The molecule has 0 aromatic heterocycles. The molecule has 0 bridgehead atoms. The van der Waals surface area contributed by atoms with Crippen LogP contribution < -0.4 is 0 Å². The summed E-state index contributed by atoms with van der Waals surface area (Å²) < 4.78 is 34.8. The molecule has 0 aliphatic carbocycles. The zero-order chi connectivity index (χ0) is 8.91.